The number of ether oxygens (including phenoxy) is 3. The van der Waals surface area contributed by atoms with E-state index in [2.05, 4.69) is 6.58 Å². The van der Waals surface area contributed by atoms with Gasteiger partial charge in [0.2, 0.25) is 6.29 Å². The number of hydrogen-bond acceptors (Lipinski definition) is 7. The van der Waals surface area contributed by atoms with Gasteiger partial charge < -0.3 is 34.6 Å². The highest BCUT2D eigenvalue weighted by atomic mass is 16.7. The van der Waals surface area contributed by atoms with Gasteiger partial charge in [0.25, 0.3) is 0 Å². The SMILES string of the molecule is C=CCOc1ccc(Cc2ccccc2O[C@@H]2O[C@H](CO)[C@@H](O)[C@H](O)[C@H]2O)cc1. The van der Waals surface area contributed by atoms with Crippen LogP contribution < -0.4 is 9.47 Å². The Hall–Kier alpha value is -2.42. The molecule has 29 heavy (non-hydrogen) atoms. The first-order valence-electron chi connectivity index (χ1n) is 9.41. The fourth-order valence-electron chi connectivity index (χ4n) is 3.13. The summed E-state index contributed by atoms with van der Waals surface area (Å²) < 4.78 is 16.7. The van der Waals surface area contributed by atoms with Crippen molar-refractivity contribution in [3.63, 3.8) is 0 Å². The fraction of sp³-hybridized carbons (Fsp3) is 0.364. The Morgan fingerprint density at radius 2 is 1.69 bits per heavy atom. The van der Waals surface area contributed by atoms with Gasteiger partial charge in [-0.05, 0) is 29.3 Å². The molecular weight excluding hydrogens is 376 g/mol. The third kappa shape index (κ3) is 5.14. The molecule has 0 amide bonds. The molecule has 7 nitrogen and oxygen atoms in total. The quantitative estimate of drug-likeness (QED) is 0.488. The third-order valence-corrected chi connectivity index (χ3v) is 4.75. The van der Waals surface area contributed by atoms with E-state index in [0.29, 0.717) is 18.8 Å². The van der Waals surface area contributed by atoms with Crippen LogP contribution in [0.1, 0.15) is 11.1 Å². The highest BCUT2D eigenvalue weighted by Gasteiger charge is 2.44. The van der Waals surface area contributed by atoms with E-state index in [9.17, 15) is 20.4 Å². The Morgan fingerprint density at radius 3 is 2.38 bits per heavy atom. The first-order chi connectivity index (χ1) is 14.0. The molecule has 7 heteroatoms. The van der Waals surface area contributed by atoms with Crippen molar-refractivity contribution in [1.29, 1.82) is 0 Å². The van der Waals surface area contributed by atoms with Gasteiger partial charge in [-0.2, -0.15) is 0 Å². The zero-order chi connectivity index (χ0) is 20.8. The van der Waals surface area contributed by atoms with Gasteiger partial charge in [0, 0.05) is 6.42 Å². The number of hydrogen-bond donors (Lipinski definition) is 4. The van der Waals surface area contributed by atoms with E-state index in [1.165, 1.54) is 0 Å². The van der Waals surface area contributed by atoms with E-state index in [4.69, 9.17) is 14.2 Å². The van der Waals surface area contributed by atoms with Gasteiger partial charge in [-0.1, -0.05) is 43.0 Å². The van der Waals surface area contributed by atoms with Crippen LogP contribution in [0.25, 0.3) is 0 Å². The van der Waals surface area contributed by atoms with Gasteiger partial charge in [0.1, 0.15) is 42.5 Å². The second-order valence-electron chi connectivity index (χ2n) is 6.84. The van der Waals surface area contributed by atoms with Crippen molar-refractivity contribution in [1.82, 2.24) is 0 Å². The van der Waals surface area contributed by atoms with Crippen LogP contribution in [-0.2, 0) is 11.2 Å². The molecule has 5 atom stereocenters. The van der Waals surface area contributed by atoms with Crippen LogP contribution in [0.5, 0.6) is 11.5 Å². The monoisotopic (exact) mass is 402 g/mol. The molecule has 2 aromatic carbocycles. The average molecular weight is 402 g/mol. The number of para-hydroxylation sites is 1. The summed E-state index contributed by atoms with van der Waals surface area (Å²) in [5.74, 6) is 1.23. The van der Waals surface area contributed by atoms with Crippen molar-refractivity contribution in [2.45, 2.75) is 37.1 Å². The van der Waals surface area contributed by atoms with Crippen molar-refractivity contribution in [2.75, 3.05) is 13.2 Å². The number of aliphatic hydroxyl groups is 4. The molecule has 0 aromatic heterocycles. The number of benzene rings is 2. The van der Waals surface area contributed by atoms with Gasteiger partial charge in [0.05, 0.1) is 6.61 Å². The molecule has 2 aromatic rings. The molecule has 1 aliphatic rings. The maximum atomic E-state index is 10.2. The molecule has 156 valence electrons. The lowest BCUT2D eigenvalue weighted by Gasteiger charge is -2.39. The molecule has 0 unspecified atom stereocenters. The highest BCUT2D eigenvalue weighted by Crippen LogP contribution is 2.28. The van der Waals surface area contributed by atoms with Gasteiger partial charge in [-0.15, -0.1) is 0 Å². The molecule has 1 aliphatic heterocycles. The Labute approximate surface area is 169 Å². The summed E-state index contributed by atoms with van der Waals surface area (Å²) in [5.41, 5.74) is 1.88. The first kappa shape index (κ1) is 21.3. The third-order valence-electron chi connectivity index (χ3n) is 4.75. The largest absolute Gasteiger partial charge is 0.490 e. The lowest BCUT2D eigenvalue weighted by Crippen LogP contribution is -2.60. The van der Waals surface area contributed by atoms with Crippen molar-refractivity contribution in [3.05, 3.63) is 72.3 Å². The Bertz CT molecular complexity index is 790. The topological polar surface area (TPSA) is 109 Å². The maximum absolute atomic E-state index is 10.2. The number of rotatable bonds is 8. The Kier molecular flexibility index (Phi) is 7.24. The molecular formula is C22H26O7. The van der Waals surface area contributed by atoms with Crippen LogP contribution in [0, 0.1) is 0 Å². The Morgan fingerprint density at radius 1 is 0.966 bits per heavy atom. The minimum Gasteiger partial charge on any atom is -0.490 e. The van der Waals surface area contributed by atoms with Crippen molar-refractivity contribution < 1.29 is 34.6 Å². The normalized spacial score (nSPS) is 26.7. The molecule has 0 aliphatic carbocycles. The van der Waals surface area contributed by atoms with E-state index in [1.807, 2.05) is 36.4 Å². The van der Waals surface area contributed by atoms with Crippen LogP contribution >= 0.6 is 0 Å². The summed E-state index contributed by atoms with van der Waals surface area (Å²) in [7, 11) is 0. The first-order valence-corrected chi connectivity index (χ1v) is 9.41. The molecule has 4 N–H and O–H groups in total. The molecule has 0 bridgehead atoms. The van der Waals surface area contributed by atoms with Crippen LogP contribution in [-0.4, -0.2) is 64.3 Å². The van der Waals surface area contributed by atoms with Crippen LogP contribution in [0.4, 0.5) is 0 Å². The smallest absolute Gasteiger partial charge is 0.229 e. The summed E-state index contributed by atoms with van der Waals surface area (Å²) in [5, 5.41) is 39.4. The molecule has 1 fully saturated rings. The van der Waals surface area contributed by atoms with E-state index < -0.39 is 37.3 Å². The van der Waals surface area contributed by atoms with E-state index >= 15 is 0 Å². The zero-order valence-corrected chi connectivity index (χ0v) is 15.9. The van der Waals surface area contributed by atoms with E-state index in [-0.39, 0.29) is 0 Å². The molecule has 3 rings (SSSR count). The summed E-state index contributed by atoms with van der Waals surface area (Å²) >= 11 is 0. The summed E-state index contributed by atoms with van der Waals surface area (Å²) in [4.78, 5) is 0. The predicted octanol–water partition coefficient (Wildman–Crippen LogP) is 1.02. The van der Waals surface area contributed by atoms with Crippen molar-refractivity contribution >= 4 is 0 Å². The van der Waals surface area contributed by atoms with Gasteiger partial charge >= 0.3 is 0 Å². The van der Waals surface area contributed by atoms with Crippen LogP contribution in [0.15, 0.2) is 61.2 Å². The minimum absolute atomic E-state index is 0.440. The zero-order valence-electron chi connectivity index (χ0n) is 15.9. The molecule has 1 heterocycles. The second kappa shape index (κ2) is 9.87. The average Bonchev–Trinajstić information content (AvgIpc) is 2.75. The maximum Gasteiger partial charge on any atom is 0.229 e. The Balaban J connectivity index is 1.72. The lowest BCUT2D eigenvalue weighted by atomic mass is 9.99. The van der Waals surface area contributed by atoms with Crippen molar-refractivity contribution in [3.8, 4) is 11.5 Å². The minimum atomic E-state index is -1.49. The standard InChI is InChI=1S/C22H26O7/c1-2-11-27-16-9-7-14(8-10-16)12-15-5-3-4-6-17(15)28-22-21(26)20(25)19(24)18(13-23)29-22/h2-10,18-26H,1,11-13H2/t18-,19-,20+,21-,22-/m1/s1. The fourth-order valence-corrected chi connectivity index (χ4v) is 3.13. The molecule has 1 saturated heterocycles. The van der Waals surface area contributed by atoms with Crippen molar-refractivity contribution in [2.24, 2.45) is 0 Å². The summed E-state index contributed by atoms with van der Waals surface area (Å²) in [6, 6.07) is 14.9. The van der Waals surface area contributed by atoms with E-state index in [1.54, 1.807) is 18.2 Å². The van der Waals surface area contributed by atoms with Gasteiger partial charge in [0.15, 0.2) is 0 Å². The second-order valence-corrected chi connectivity index (χ2v) is 6.84. The summed E-state index contributed by atoms with van der Waals surface area (Å²) in [6.45, 7) is 3.55. The van der Waals surface area contributed by atoms with Gasteiger partial charge in [-0.3, -0.25) is 0 Å². The number of aliphatic hydroxyl groups excluding tert-OH is 4. The van der Waals surface area contributed by atoms with Crippen LogP contribution in [0.2, 0.25) is 0 Å². The molecule has 0 saturated carbocycles. The van der Waals surface area contributed by atoms with E-state index in [0.717, 1.165) is 16.9 Å². The highest BCUT2D eigenvalue weighted by molar-refractivity contribution is 5.39. The van der Waals surface area contributed by atoms with Crippen LogP contribution in [0.3, 0.4) is 0 Å². The predicted molar refractivity (Wildman–Crippen MR) is 106 cm³/mol. The molecule has 0 radical (unpaired) electrons. The summed E-state index contributed by atoms with van der Waals surface area (Å²) in [6.07, 6.45) is -4.36. The lowest BCUT2D eigenvalue weighted by molar-refractivity contribution is -0.277. The van der Waals surface area contributed by atoms with Gasteiger partial charge in [-0.25, -0.2) is 0 Å². The molecule has 0 spiro atoms.